The van der Waals surface area contributed by atoms with E-state index in [2.05, 4.69) is 48.4 Å². The molecule has 0 fully saturated rings. The average Bonchev–Trinajstić information content (AvgIpc) is 3.41. The van der Waals surface area contributed by atoms with E-state index < -0.39 is 0 Å². The molecule has 1 unspecified atom stereocenters. The lowest BCUT2D eigenvalue weighted by Crippen LogP contribution is -2.47. The second kappa shape index (κ2) is 7.87. The van der Waals surface area contributed by atoms with Gasteiger partial charge in [-0.1, -0.05) is 6.07 Å². The van der Waals surface area contributed by atoms with Crippen LogP contribution in [-0.2, 0) is 33.1 Å². The third-order valence-corrected chi connectivity index (χ3v) is 5.59. The summed E-state index contributed by atoms with van der Waals surface area (Å²) >= 11 is 1.73. The van der Waals surface area contributed by atoms with E-state index in [0.717, 1.165) is 49.4 Å². The molecule has 10 heteroatoms. The molecule has 0 aromatic carbocycles. The lowest BCUT2D eigenvalue weighted by atomic mass is 10.1. The minimum Gasteiger partial charge on any atom is -0.352 e. The maximum absolute atomic E-state index is 4.74. The molecule has 1 atom stereocenters. The molecule has 0 amide bonds. The number of nitrogens with zero attached hydrogens (tertiary/aromatic N) is 7. The third kappa shape index (κ3) is 4.16. The van der Waals surface area contributed by atoms with Crippen LogP contribution in [0, 0.1) is 6.92 Å². The van der Waals surface area contributed by atoms with E-state index in [9.17, 15) is 0 Å². The monoisotopic (exact) mass is 385 g/mol. The zero-order chi connectivity index (χ0) is 18.6. The van der Waals surface area contributed by atoms with Crippen LogP contribution in [0.1, 0.15) is 28.8 Å². The molecule has 3 aromatic rings. The molecule has 0 saturated heterocycles. The summed E-state index contributed by atoms with van der Waals surface area (Å²) in [5.74, 6) is 3.55. The van der Waals surface area contributed by atoms with Gasteiger partial charge >= 0.3 is 0 Å². The lowest BCUT2D eigenvalue weighted by Gasteiger charge is -2.25. The van der Waals surface area contributed by atoms with E-state index in [1.807, 2.05) is 23.2 Å². The largest absolute Gasteiger partial charge is 0.352 e. The quantitative estimate of drug-likeness (QED) is 0.503. The van der Waals surface area contributed by atoms with E-state index in [1.165, 1.54) is 4.88 Å². The van der Waals surface area contributed by atoms with E-state index in [1.54, 1.807) is 17.7 Å². The molecule has 3 aromatic heterocycles. The van der Waals surface area contributed by atoms with Crippen molar-refractivity contribution >= 4 is 17.3 Å². The van der Waals surface area contributed by atoms with Gasteiger partial charge in [-0.05, 0) is 24.8 Å². The van der Waals surface area contributed by atoms with Gasteiger partial charge in [0.05, 0.1) is 13.1 Å². The van der Waals surface area contributed by atoms with Crippen molar-refractivity contribution in [3.63, 3.8) is 0 Å². The van der Waals surface area contributed by atoms with E-state index in [-0.39, 0.29) is 6.04 Å². The highest BCUT2D eigenvalue weighted by Crippen LogP contribution is 2.12. The van der Waals surface area contributed by atoms with Crippen molar-refractivity contribution in [2.45, 2.75) is 45.4 Å². The lowest BCUT2D eigenvalue weighted by molar-refractivity contribution is 0.392. The van der Waals surface area contributed by atoms with Crippen molar-refractivity contribution in [2.75, 3.05) is 0 Å². The highest BCUT2D eigenvalue weighted by Gasteiger charge is 2.20. The Bertz CT molecular complexity index is 909. The fraction of sp³-hybridized carbons (Fsp3) is 0.471. The Balaban J connectivity index is 1.45. The first-order valence-electron chi connectivity index (χ1n) is 8.98. The number of nitrogens with one attached hydrogen (secondary N) is 2. The summed E-state index contributed by atoms with van der Waals surface area (Å²) in [6.07, 6.45) is 3.54. The number of rotatable bonds is 5. The normalized spacial score (nSPS) is 17.0. The second-order valence-electron chi connectivity index (χ2n) is 6.56. The van der Waals surface area contributed by atoms with Gasteiger partial charge in [-0.2, -0.15) is 5.10 Å². The summed E-state index contributed by atoms with van der Waals surface area (Å²) in [5.41, 5.74) is 0. The standard InChI is InChI=1S/C17H23N9S/c1-12-23-24-16(25(12)2)9-19-17(18-8-14-4-3-7-27-14)22-13-5-6-15-20-11-21-26(15)10-13/h3-4,7,11,13H,5-6,8-10H2,1-2H3,(H2,18,19,22). The molecule has 0 bridgehead atoms. The summed E-state index contributed by atoms with van der Waals surface area (Å²) in [6.45, 7) is 3.94. The van der Waals surface area contributed by atoms with Crippen LogP contribution in [0.3, 0.4) is 0 Å². The van der Waals surface area contributed by atoms with Crippen molar-refractivity contribution in [1.29, 1.82) is 0 Å². The molecule has 142 valence electrons. The van der Waals surface area contributed by atoms with E-state index in [0.29, 0.717) is 6.54 Å². The molecule has 0 spiro atoms. The van der Waals surface area contributed by atoms with Crippen LogP contribution in [0.5, 0.6) is 0 Å². The van der Waals surface area contributed by atoms with Gasteiger partial charge in [0, 0.05) is 24.4 Å². The highest BCUT2D eigenvalue weighted by molar-refractivity contribution is 7.09. The Hall–Kier alpha value is -2.75. The smallest absolute Gasteiger partial charge is 0.192 e. The van der Waals surface area contributed by atoms with Crippen LogP contribution in [0.15, 0.2) is 28.8 Å². The van der Waals surface area contributed by atoms with Crippen molar-refractivity contribution in [1.82, 2.24) is 40.2 Å². The molecular weight excluding hydrogens is 362 g/mol. The number of aliphatic imine (C=N–C) groups is 1. The Kier molecular flexibility index (Phi) is 5.14. The van der Waals surface area contributed by atoms with Gasteiger partial charge in [-0.15, -0.1) is 21.5 Å². The predicted molar refractivity (Wildman–Crippen MR) is 103 cm³/mol. The van der Waals surface area contributed by atoms with Gasteiger partial charge in [-0.25, -0.2) is 14.7 Å². The summed E-state index contributed by atoms with van der Waals surface area (Å²) in [4.78, 5) is 10.3. The molecule has 0 aliphatic carbocycles. The first-order chi connectivity index (χ1) is 13.2. The Morgan fingerprint density at radius 2 is 2.33 bits per heavy atom. The fourth-order valence-corrected chi connectivity index (χ4v) is 3.67. The second-order valence-corrected chi connectivity index (χ2v) is 7.59. The number of aryl methyl sites for hydroxylation is 2. The number of hydrogen-bond acceptors (Lipinski definition) is 6. The molecule has 2 N–H and O–H groups in total. The van der Waals surface area contributed by atoms with Crippen molar-refractivity contribution in [3.8, 4) is 0 Å². The van der Waals surface area contributed by atoms with Crippen LogP contribution in [-0.4, -0.2) is 41.5 Å². The molecule has 27 heavy (non-hydrogen) atoms. The van der Waals surface area contributed by atoms with Gasteiger partial charge in [0.2, 0.25) is 0 Å². The van der Waals surface area contributed by atoms with Crippen molar-refractivity contribution in [2.24, 2.45) is 12.0 Å². The molecule has 4 heterocycles. The molecule has 0 saturated carbocycles. The number of hydrogen-bond donors (Lipinski definition) is 2. The first-order valence-corrected chi connectivity index (χ1v) is 9.86. The number of fused-ring (bicyclic) bond motifs is 1. The third-order valence-electron chi connectivity index (χ3n) is 4.72. The minimum atomic E-state index is 0.259. The average molecular weight is 386 g/mol. The summed E-state index contributed by atoms with van der Waals surface area (Å²) < 4.78 is 3.92. The topological polar surface area (TPSA) is 97.8 Å². The zero-order valence-electron chi connectivity index (χ0n) is 15.5. The van der Waals surface area contributed by atoms with Crippen molar-refractivity contribution in [3.05, 3.63) is 46.2 Å². The van der Waals surface area contributed by atoms with E-state index in [4.69, 9.17) is 4.99 Å². The first kappa shape index (κ1) is 17.7. The predicted octanol–water partition coefficient (Wildman–Crippen LogP) is 1.03. The summed E-state index contributed by atoms with van der Waals surface area (Å²) in [5, 5.41) is 21.6. The number of aromatic nitrogens is 6. The van der Waals surface area contributed by atoms with Crippen LogP contribution in [0.25, 0.3) is 0 Å². The fourth-order valence-electron chi connectivity index (χ4n) is 3.02. The van der Waals surface area contributed by atoms with Gasteiger partial charge in [0.15, 0.2) is 11.8 Å². The summed E-state index contributed by atoms with van der Waals surface area (Å²) in [7, 11) is 1.96. The Labute approximate surface area is 161 Å². The Morgan fingerprint density at radius 1 is 1.41 bits per heavy atom. The molecule has 9 nitrogen and oxygen atoms in total. The molecule has 4 rings (SSSR count). The number of thiophene rings is 1. The Morgan fingerprint density at radius 3 is 3.11 bits per heavy atom. The highest BCUT2D eigenvalue weighted by atomic mass is 32.1. The zero-order valence-corrected chi connectivity index (χ0v) is 16.3. The molecule has 1 aliphatic rings. The molecule has 1 aliphatic heterocycles. The molecular formula is C17H23N9S. The van der Waals surface area contributed by atoms with Gasteiger partial charge < -0.3 is 15.2 Å². The molecule has 0 radical (unpaired) electrons. The van der Waals surface area contributed by atoms with Gasteiger partial charge in [-0.3, -0.25) is 0 Å². The number of guanidine groups is 1. The maximum Gasteiger partial charge on any atom is 0.192 e. The SMILES string of the molecule is Cc1nnc(CN=C(NCc2cccs2)NC2CCc3ncnn3C2)n1C. The van der Waals surface area contributed by atoms with Crippen LogP contribution in [0.4, 0.5) is 0 Å². The van der Waals surface area contributed by atoms with Gasteiger partial charge in [0.25, 0.3) is 0 Å². The van der Waals surface area contributed by atoms with E-state index >= 15 is 0 Å². The van der Waals surface area contributed by atoms with Gasteiger partial charge in [0.1, 0.15) is 24.5 Å². The van der Waals surface area contributed by atoms with Crippen LogP contribution in [0.2, 0.25) is 0 Å². The maximum atomic E-state index is 4.74. The van der Waals surface area contributed by atoms with Crippen LogP contribution >= 0.6 is 11.3 Å². The van der Waals surface area contributed by atoms with Crippen molar-refractivity contribution < 1.29 is 0 Å². The summed E-state index contributed by atoms with van der Waals surface area (Å²) in [6, 6.07) is 4.43. The minimum absolute atomic E-state index is 0.259. The van der Waals surface area contributed by atoms with Crippen LogP contribution < -0.4 is 10.6 Å².